The van der Waals surface area contributed by atoms with E-state index >= 15 is 0 Å². The van der Waals surface area contributed by atoms with Gasteiger partial charge in [0.1, 0.15) is 5.82 Å². The van der Waals surface area contributed by atoms with Crippen molar-refractivity contribution in [1.82, 2.24) is 35.1 Å². The molecular weight excluding hydrogens is 496 g/mol. The minimum absolute atomic E-state index is 0.602. The molecule has 8 nitrogen and oxygen atoms in total. The Hall–Kier alpha value is -3.52. The number of fused-ring (bicyclic) bond motifs is 1. The second-order valence-corrected chi connectivity index (χ2v) is 12.0. The van der Waals surface area contributed by atoms with Gasteiger partial charge in [0, 0.05) is 38.2 Å². The molecule has 0 bridgehead atoms. The van der Waals surface area contributed by atoms with Gasteiger partial charge < -0.3 is 9.47 Å². The first-order chi connectivity index (χ1) is 19.6. The van der Waals surface area contributed by atoms with E-state index in [1.807, 2.05) is 6.07 Å². The number of hydrogen-bond donors (Lipinski definition) is 1. The van der Waals surface area contributed by atoms with Gasteiger partial charge in [0.25, 0.3) is 0 Å². The number of rotatable bonds is 12. The molecule has 210 valence electrons. The van der Waals surface area contributed by atoms with Gasteiger partial charge in [-0.15, -0.1) is 5.10 Å². The topological polar surface area (TPSA) is 78.8 Å². The third-order valence-electron chi connectivity index (χ3n) is 8.11. The number of benzene rings is 2. The Bertz CT molecular complexity index is 1390. The van der Waals surface area contributed by atoms with E-state index in [0.717, 1.165) is 55.3 Å². The number of anilines is 1. The summed E-state index contributed by atoms with van der Waals surface area (Å²) in [6, 6.07) is 17.3. The molecule has 6 rings (SSSR count). The molecule has 2 aromatic heterocycles. The van der Waals surface area contributed by atoms with Crippen molar-refractivity contribution in [3.05, 3.63) is 65.6 Å². The zero-order chi connectivity index (χ0) is 27.5. The molecule has 2 aromatic carbocycles. The van der Waals surface area contributed by atoms with Crippen LogP contribution in [0, 0.1) is 11.8 Å². The van der Waals surface area contributed by atoms with Crippen LogP contribution < -0.4 is 4.90 Å². The van der Waals surface area contributed by atoms with Crippen molar-refractivity contribution in [3.63, 3.8) is 0 Å². The smallest absolute Gasteiger partial charge is 0.180 e. The van der Waals surface area contributed by atoms with E-state index in [2.05, 4.69) is 98.2 Å². The number of aromatic amines is 1. The van der Waals surface area contributed by atoms with Crippen molar-refractivity contribution in [1.29, 1.82) is 0 Å². The number of aryl methyl sites for hydroxylation is 1. The van der Waals surface area contributed by atoms with Crippen molar-refractivity contribution >= 4 is 5.82 Å². The number of aromatic nitrogens is 6. The molecule has 0 atom stereocenters. The van der Waals surface area contributed by atoms with E-state index in [1.54, 1.807) is 0 Å². The Balaban J connectivity index is 1.30. The van der Waals surface area contributed by atoms with Crippen molar-refractivity contribution in [2.24, 2.45) is 11.8 Å². The molecule has 0 unspecified atom stereocenters. The van der Waals surface area contributed by atoms with Gasteiger partial charge >= 0.3 is 0 Å². The SMILES string of the molecule is CCCCCc1nc2c(n1Cc1ccc(-c3ccccc3-c3nnn[nH]3)cc1)CN(CC1CC1)CN2CC(C)C. The van der Waals surface area contributed by atoms with Crippen molar-refractivity contribution in [2.75, 3.05) is 24.7 Å². The fourth-order valence-corrected chi connectivity index (χ4v) is 5.97. The third-order valence-corrected chi connectivity index (χ3v) is 8.11. The van der Waals surface area contributed by atoms with E-state index in [4.69, 9.17) is 4.98 Å². The van der Waals surface area contributed by atoms with Crippen LogP contribution in [0.5, 0.6) is 0 Å². The summed E-state index contributed by atoms with van der Waals surface area (Å²) in [5.74, 6) is 4.63. The molecule has 4 aromatic rings. The lowest BCUT2D eigenvalue weighted by molar-refractivity contribution is 0.231. The molecule has 1 saturated carbocycles. The quantitative estimate of drug-likeness (QED) is 0.218. The predicted molar refractivity (Wildman–Crippen MR) is 160 cm³/mol. The Morgan fingerprint density at radius 3 is 2.50 bits per heavy atom. The monoisotopic (exact) mass is 538 g/mol. The normalized spacial score (nSPS) is 15.7. The van der Waals surface area contributed by atoms with E-state index < -0.39 is 0 Å². The fourth-order valence-electron chi connectivity index (χ4n) is 5.97. The maximum absolute atomic E-state index is 5.33. The Kier molecular flexibility index (Phi) is 7.96. The number of imidazole rings is 1. The van der Waals surface area contributed by atoms with Crippen LogP contribution in [0.25, 0.3) is 22.5 Å². The fraction of sp³-hybridized carbons (Fsp3) is 0.500. The summed E-state index contributed by atoms with van der Waals surface area (Å²) in [4.78, 5) is 10.5. The first-order valence-corrected chi connectivity index (χ1v) is 15.1. The zero-order valence-electron chi connectivity index (χ0n) is 24.2. The van der Waals surface area contributed by atoms with Gasteiger partial charge in [0.05, 0.1) is 12.4 Å². The van der Waals surface area contributed by atoms with Gasteiger partial charge in [-0.05, 0) is 58.2 Å². The summed E-state index contributed by atoms with van der Waals surface area (Å²) in [5.41, 5.74) is 5.97. The number of unbranched alkanes of at least 4 members (excludes halogenated alkanes) is 2. The average Bonchev–Trinajstić information content (AvgIpc) is 3.46. The Morgan fingerprint density at radius 2 is 1.80 bits per heavy atom. The third kappa shape index (κ3) is 5.97. The lowest BCUT2D eigenvalue weighted by Gasteiger charge is -2.37. The van der Waals surface area contributed by atoms with Crippen molar-refractivity contribution < 1.29 is 0 Å². The van der Waals surface area contributed by atoms with E-state index in [0.29, 0.717) is 11.7 Å². The van der Waals surface area contributed by atoms with Gasteiger partial charge in [-0.3, -0.25) is 4.90 Å². The first-order valence-electron chi connectivity index (χ1n) is 15.1. The number of H-pyrrole nitrogens is 1. The molecule has 3 heterocycles. The standard InChI is InChI=1S/C32H42N8/c1-4-5-6-11-30-33-32-29(21-38(19-24-12-13-24)22-39(32)18-23(2)3)40(30)20-25-14-16-26(17-15-25)27-9-7-8-10-28(27)31-34-36-37-35-31/h7-10,14-17,23-24H,4-6,11-13,18-22H2,1-3H3,(H,34,35,36,37). The molecule has 1 aliphatic carbocycles. The Morgan fingerprint density at radius 1 is 1.00 bits per heavy atom. The van der Waals surface area contributed by atoms with Gasteiger partial charge in [0.2, 0.25) is 0 Å². The first kappa shape index (κ1) is 26.7. The van der Waals surface area contributed by atoms with Gasteiger partial charge in [-0.1, -0.05) is 82.1 Å². The highest BCUT2D eigenvalue weighted by Gasteiger charge is 2.32. The maximum atomic E-state index is 5.33. The van der Waals surface area contributed by atoms with Crippen LogP contribution in [-0.2, 0) is 19.5 Å². The molecule has 0 spiro atoms. The van der Waals surface area contributed by atoms with Crippen LogP contribution in [0.1, 0.15) is 70.0 Å². The van der Waals surface area contributed by atoms with E-state index in [9.17, 15) is 0 Å². The average molecular weight is 539 g/mol. The molecule has 8 heteroatoms. The predicted octanol–water partition coefficient (Wildman–Crippen LogP) is 6.16. The molecule has 0 amide bonds. The molecule has 1 N–H and O–H groups in total. The van der Waals surface area contributed by atoms with Crippen molar-refractivity contribution in [2.45, 2.75) is 72.4 Å². The summed E-state index contributed by atoms with van der Waals surface area (Å²) >= 11 is 0. The second-order valence-electron chi connectivity index (χ2n) is 12.0. The van der Waals surface area contributed by atoms with E-state index in [-0.39, 0.29) is 0 Å². The lowest BCUT2D eigenvalue weighted by atomic mass is 9.98. The van der Waals surface area contributed by atoms with Crippen LogP contribution in [-0.4, -0.2) is 54.8 Å². The minimum Gasteiger partial charge on any atom is -0.342 e. The molecule has 1 fully saturated rings. The van der Waals surface area contributed by atoms with Gasteiger partial charge in [-0.25, -0.2) is 10.1 Å². The summed E-state index contributed by atoms with van der Waals surface area (Å²) < 4.78 is 2.54. The summed E-state index contributed by atoms with van der Waals surface area (Å²) in [5, 5.41) is 14.6. The van der Waals surface area contributed by atoms with E-state index in [1.165, 1.54) is 61.5 Å². The summed E-state index contributed by atoms with van der Waals surface area (Å²) in [6.07, 6.45) is 7.47. The zero-order valence-corrected chi connectivity index (χ0v) is 24.2. The highest BCUT2D eigenvalue weighted by atomic mass is 15.5. The largest absolute Gasteiger partial charge is 0.342 e. The molecule has 0 radical (unpaired) electrons. The second kappa shape index (κ2) is 11.9. The highest BCUT2D eigenvalue weighted by molar-refractivity contribution is 5.80. The molecule has 2 aliphatic rings. The van der Waals surface area contributed by atoms with Crippen LogP contribution in [0.2, 0.25) is 0 Å². The van der Waals surface area contributed by atoms with Crippen LogP contribution >= 0.6 is 0 Å². The minimum atomic E-state index is 0.602. The van der Waals surface area contributed by atoms with Gasteiger partial charge in [-0.2, -0.15) is 0 Å². The van der Waals surface area contributed by atoms with Gasteiger partial charge in [0.15, 0.2) is 11.6 Å². The van der Waals surface area contributed by atoms with Crippen molar-refractivity contribution in [3.8, 4) is 22.5 Å². The number of hydrogen-bond acceptors (Lipinski definition) is 6. The number of tetrazole rings is 1. The van der Waals surface area contributed by atoms with Crippen LogP contribution in [0.15, 0.2) is 48.5 Å². The molecule has 40 heavy (non-hydrogen) atoms. The molecule has 0 saturated heterocycles. The Labute approximate surface area is 237 Å². The number of nitrogens with one attached hydrogen (secondary N) is 1. The molecular formula is C32H42N8. The summed E-state index contributed by atoms with van der Waals surface area (Å²) in [6.45, 7) is 12.0. The lowest BCUT2D eigenvalue weighted by Crippen LogP contribution is -2.45. The summed E-state index contributed by atoms with van der Waals surface area (Å²) in [7, 11) is 0. The number of nitrogens with zero attached hydrogens (tertiary/aromatic N) is 7. The molecule has 1 aliphatic heterocycles. The highest BCUT2D eigenvalue weighted by Crippen LogP contribution is 2.35. The maximum Gasteiger partial charge on any atom is 0.180 e. The van der Waals surface area contributed by atoms with Crippen LogP contribution in [0.4, 0.5) is 5.82 Å². The van der Waals surface area contributed by atoms with Crippen LogP contribution in [0.3, 0.4) is 0 Å².